The van der Waals surface area contributed by atoms with Crippen LogP contribution in [0.2, 0.25) is 0 Å². The van der Waals surface area contributed by atoms with Gasteiger partial charge in [-0.15, -0.1) is 0 Å². The van der Waals surface area contributed by atoms with Gasteiger partial charge in [0.1, 0.15) is 5.75 Å². The first-order valence-corrected chi connectivity index (χ1v) is 11.4. The van der Waals surface area contributed by atoms with Crippen LogP contribution >= 0.6 is 23.5 Å². The summed E-state index contributed by atoms with van der Waals surface area (Å²) in [5, 5.41) is 7.60. The summed E-state index contributed by atoms with van der Waals surface area (Å²) in [6.07, 6.45) is 0.977. The Morgan fingerprint density at radius 3 is 2.77 bits per heavy atom. The number of nitrogens with one attached hydrogen (secondary N) is 2. The highest BCUT2D eigenvalue weighted by Crippen LogP contribution is 2.23. The molecule has 1 aliphatic rings. The maximum absolute atomic E-state index is 5.40. The molecule has 0 radical (unpaired) electrons. The van der Waals surface area contributed by atoms with Gasteiger partial charge in [0.05, 0.1) is 13.7 Å². The fraction of sp³-hybridized carbons (Fsp3) is 0.632. The van der Waals surface area contributed by atoms with Crippen molar-refractivity contribution in [3.8, 4) is 5.75 Å². The highest BCUT2D eigenvalue weighted by molar-refractivity contribution is 8.06. The third kappa shape index (κ3) is 8.56. The van der Waals surface area contributed by atoms with Gasteiger partial charge in [-0.3, -0.25) is 0 Å². The van der Waals surface area contributed by atoms with E-state index in [0.29, 0.717) is 11.8 Å². The summed E-state index contributed by atoms with van der Waals surface area (Å²) in [5.74, 6) is 5.49. The van der Waals surface area contributed by atoms with Crippen LogP contribution in [0.1, 0.15) is 18.9 Å². The molecule has 2 N–H and O–H groups in total. The number of benzene rings is 1. The first-order valence-electron chi connectivity index (χ1n) is 9.24. The van der Waals surface area contributed by atoms with Gasteiger partial charge in [0.25, 0.3) is 0 Å². The van der Waals surface area contributed by atoms with Crippen molar-refractivity contribution in [2.75, 3.05) is 50.7 Å². The first kappa shape index (κ1) is 21.3. The Morgan fingerprint density at radius 2 is 2.08 bits per heavy atom. The molecule has 1 aromatic carbocycles. The summed E-state index contributed by atoms with van der Waals surface area (Å²) < 4.78 is 10.6. The van der Waals surface area contributed by atoms with Crippen molar-refractivity contribution in [2.45, 2.75) is 25.1 Å². The van der Waals surface area contributed by atoms with E-state index in [1.807, 2.05) is 30.8 Å². The van der Waals surface area contributed by atoms with E-state index in [2.05, 4.69) is 34.5 Å². The lowest BCUT2D eigenvalue weighted by Gasteiger charge is -2.22. The summed E-state index contributed by atoms with van der Waals surface area (Å²) in [5.41, 5.74) is 1.17. The average Bonchev–Trinajstić information content (AvgIpc) is 2.70. The number of nitrogens with zero attached hydrogens (tertiary/aromatic N) is 1. The van der Waals surface area contributed by atoms with Crippen LogP contribution in [-0.4, -0.2) is 61.9 Å². The Morgan fingerprint density at radius 1 is 1.23 bits per heavy atom. The number of ether oxygens (including phenoxy) is 2. The summed E-state index contributed by atoms with van der Waals surface area (Å²) in [4.78, 5) is 4.75. The predicted molar refractivity (Wildman–Crippen MR) is 115 cm³/mol. The van der Waals surface area contributed by atoms with Gasteiger partial charge < -0.3 is 20.1 Å². The monoisotopic (exact) mass is 397 g/mol. The van der Waals surface area contributed by atoms with Crippen molar-refractivity contribution < 1.29 is 9.47 Å². The van der Waals surface area contributed by atoms with E-state index in [0.717, 1.165) is 44.4 Å². The van der Waals surface area contributed by atoms with Gasteiger partial charge in [0, 0.05) is 48.8 Å². The molecule has 0 aliphatic carbocycles. The molecule has 0 bridgehead atoms. The summed E-state index contributed by atoms with van der Waals surface area (Å²) >= 11 is 4.10. The summed E-state index contributed by atoms with van der Waals surface area (Å²) in [7, 11) is 1.68. The van der Waals surface area contributed by atoms with Gasteiger partial charge in [-0.2, -0.15) is 23.5 Å². The second-order valence-corrected chi connectivity index (χ2v) is 8.50. The van der Waals surface area contributed by atoms with Crippen molar-refractivity contribution in [3.63, 3.8) is 0 Å². The lowest BCUT2D eigenvalue weighted by molar-refractivity contribution is 0.145. The molecule has 1 saturated heterocycles. The van der Waals surface area contributed by atoms with Crippen LogP contribution in [-0.2, 0) is 11.3 Å². The zero-order chi connectivity index (χ0) is 18.5. The average molecular weight is 398 g/mol. The third-order valence-electron chi connectivity index (χ3n) is 3.92. The number of methoxy groups -OCH3 is 1. The number of thioether (sulfide) groups is 2. The van der Waals surface area contributed by atoms with Gasteiger partial charge in [-0.25, -0.2) is 4.99 Å². The lowest BCUT2D eigenvalue weighted by atomic mass is 10.2. The summed E-state index contributed by atoms with van der Waals surface area (Å²) in [6, 6.07) is 8.07. The van der Waals surface area contributed by atoms with E-state index in [1.54, 1.807) is 7.11 Å². The van der Waals surface area contributed by atoms with Gasteiger partial charge in [-0.1, -0.05) is 12.1 Å². The highest BCUT2D eigenvalue weighted by Gasteiger charge is 2.14. The molecule has 5 nitrogen and oxygen atoms in total. The maximum atomic E-state index is 5.40. The molecule has 1 aromatic rings. The van der Waals surface area contributed by atoms with E-state index < -0.39 is 0 Å². The smallest absolute Gasteiger partial charge is 0.191 e. The molecule has 0 spiro atoms. The van der Waals surface area contributed by atoms with E-state index in [1.165, 1.54) is 22.8 Å². The van der Waals surface area contributed by atoms with Crippen LogP contribution in [0.4, 0.5) is 0 Å². The minimum absolute atomic E-state index is 0.650. The topological polar surface area (TPSA) is 54.9 Å². The molecule has 7 heteroatoms. The molecule has 0 aromatic heterocycles. The van der Waals surface area contributed by atoms with Gasteiger partial charge in [-0.05, 0) is 31.0 Å². The van der Waals surface area contributed by atoms with Crippen molar-refractivity contribution in [3.05, 3.63) is 29.8 Å². The van der Waals surface area contributed by atoms with Crippen LogP contribution in [0.3, 0.4) is 0 Å². The van der Waals surface area contributed by atoms with Crippen LogP contribution in [0, 0.1) is 0 Å². The van der Waals surface area contributed by atoms with E-state index in [4.69, 9.17) is 14.5 Å². The highest BCUT2D eigenvalue weighted by atomic mass is 32.2. The van der Waals surface area contributed by atoms with E-state index in [-0.39, 0.29) is 0 Å². The molecule has 1 aliphatic heterocycles. The fourth-order valence-electron chi connectivity index (χ4n) is 2.47. The second-order valence-electron chi connectivity index (χ2n) is 5.94. The number of hydrogen-bond donors (Lipinski definition) is 2. The van der Waals surface area contributed by atoms with Crippen molar-refractivity contribution in [2.24, 2.45) is 4.99 Å². The third-order valence-corrected chi connectivity index (χ3v) is 6.77. The molecule has 1 fully saturated rings. The van der Waals surface area contributed by atoms with Gasteiger partial charge in [0.2, 0.25) is 0 Å². The molecule has 0 saturated carbocycles. The Kier molecular flexibility index (Phi) is 10.8. The number of rotatable bonds is 10. The number of aliphatic imine (C=N–C) groups is 1. The standard InChI is InChI=1S/C19H31N3O2S2/c1-3-24-10-4-9-20-19(22-14-18-15-25-11-12-26-18)21-13-16-5-7-17(23-2)8-6-16/h5-8,18H,3-4,9-15H2,1-2H3,(H2,20,21,22). The van der Waals surface area contributed by atoms with Crippen LogP contribution < -0.4 is 15.4 Å². The quantitative estimate of drug-likeness (QED) is 0.360. The minimum atomic E-state index is 0.650. The van der Waals surface area contributed by atoms with Crippen LogP contribution in [0.25, 0.3) is 0 Å². The van der Waals surface area contributed by atoms with Gasteiger partial charge in [0.15, 0.2) is 5.96 Å². The molecule has 0 amide bonds. The summed E-state index contributed by atoms with van der Waals surface area (Å²) in [6.45, 7) is 6.05. The number of guanidine groups is 1. The molecule has 146 valence electrons. The Balaban J connectivity index is 1.84. The molecule has 2 rings (SSSR count). The van der Waals surface area contributed by atoms with Crippen molar-refractivity contribution in [1.82, 2.24) is 10.6 Å². The van der Waals surface area contributed by atoms with Gasteiger partial charge >= 0.3 is 0 Å². The maximum Gasteiger partial charge on any atom is 0.191 e. The zero-order valence-corrected chi connectivity index (χ0v) is 17.5. The first-order chi connectivity index (χ1) is 12.8. The largest absolute Gasteiger partial charge is 0.497 e. The fourth-order valence-corrected chi connectivity index (χ4v) is 5.08. The van der Waals surface area contributed by atoms with Crippen molar-refractivity contribution in [1.29, 1.82) is 0 Å². The Bertz CT molecular complexity index is 520. The molecule has 1 unspecified atom stereocenters. The molecule has 1 atom stereocenters. The van der Waals surface area contributed by atoms with Crippen LogP contribution in [0.15, 0.2) is 29.3 Å². The van der Waals surface area contributed by atoms with E-state index in [9.17, 15) is 0 Å². The van der Waals surface area contributed by atoms with Crippen LogP contribution in [0.5, 0.6) is 5.75 Å². The van der Waals surface area contributed by atoms with Crippen molar-refractivity contribution >= 4 is 29.5 Å². The SMILES string of the molecule is CCOCCCNC(=NCc1ccc(OC)cc1)NCC1CSCCS1. The molecular formula is C19H31N3O2S2. The minimum Gasteiger partial charge on any atom is -0.497 e. The second kappa shape index (κ2) is 13.2. The number of hydrogen-bond acceptors (Lipinski definition) is 5. The molecule has 26 heavy (non-hydrogen) atoms. The lowest BCUT2D eigenvalue weighted by Crippen LogP contribution is -2.42. The molecular weight excluding hydrogens is 366 g/mol. The Hall–Kier alpha value is -1.05. The van der Waals surface area contributed by atoms with E-state index >= 15 is 0 Å². The zero-order valence-electron chi connectivity index (χ0n) is 15.8. The molecule has 1 heterocycles. The normalized spacial score (nSPS) is 17.8. The predicted octanol–water partition coefficient (Wildman–Crippen LogP) is 3.01. The Labute approximate surface area is 166 Å².